The lowest BCUT2D eigenvalue weighted by atomic mass is 10.3. The smallest absolute Gasteiger partial charge is 0.239 e. The first-order chi connectivity index (χ1) is 8.58. The molecule has 0 aromatic carbocycles. The SMILES string of the molecule is CC(C)NC(=O)CNc1nccc2c1ncn2C. The zero-order valence-electron chi connectivity index (χ0n) is 10.8. The van der Waals surface area contributed by atoms with Gasteiger partial charge < -0.3 is 15.2 Å². The molecule has 0 spiro atoms. The van der Waals surface area contributed by atoms with Gasteiger partial charge >= 0.3 is 0 Å². The van der Waals surface area contributed by atoms with Crippen molar-refractivity contribution in [3.8, 4) is 0 Å². The lowest BCUT2D eigenvalue weighted by Crippen LogP contribution is -2.35. The van der Waals surface area contributed by atoms with Gasteiger partial charge in [-0.2, -0.15) is 0 Å². The van der Waals surface area contributed by atoms with Gasteiger partial charge in [-0.05, 0) is 19.9 Å². The summed E-state index contributed by atoms with van der Waals surface area (Å²) in [5.41, 5.74) is 1.76. The molecule has 2 N–H and O–H groups in total. The first kappa shape index (κ1) is 12.3. The lowest BCUT2D eigenvalue weighted by molar-refractivity contribution is -0.119. The molecule has 0 aliphatic rings. The molecule has 0 unspecified atom stereocenters. The van der Waals surface area contributed by atoms with E-state index in [1.807, 2.05) is 31.5 Å². The number of rotatable bonds is 4. The topological polar surface area (TPSA) is 71.8 Å². The first-order valence-electron chi connectivity index (χ1n) is 5.87. The number of hydrogen-bond donors (Lipinski definition) is 2. The molecule has 2 heterocycles. The van der Waals surface area contributed by atoms with Crippen LogP contribution in [0.1, 0.15) is 13.8 Å². The van der Waals surface area contributed by atoms with E-state index in [0.717, 1.165) is 11.0 Å². The van der Waals surface area contributed by atoms with Crippen LogP contribution in [0.4, 0.5) is 5.82 Å². The number of anilines is 1. The zero-order chi connectivity index (χ0) is 13.1. The second-order valence-corrected chi connectivity index (χ2v) is 4.46. The molecule has 2 aromatic rings. The highest BCUT2D eigenvalue weighted by Gasteiger charge is 2.08. The number of fused-ring (bicyclic) bond motifs is 1. The summed E-state index contributed by atoms with van der Waals surface area (Å²) < 4.78 is 1.91. The number of nitrogens with zero attached hydrogens (tertiary/aromatic N) is 3. The van der Waals surface area contributed by atoms with Gasteiger partial charge in [0.15, 0.2) is 5.82 Å². The number of pyridine rings is 1. The quantitative estimate of drug-likeness (QED) is 0.842. The third kappa shape index (κ3) is 2.58. The van der Waals surface area contributed by atoms with Crippen molar-refractivity contribution in [1.82, 2.24) is 19.9 Å². The highest BCUT2D eigenvalue weighted by Crippen LogP contribution is 2.17. The zero-order valence-corrected chi connectivity index (χ0v) is 10.8. The number of carbonyl (C=O) groups is 1. The summed E-state index contributed by atoms with van der Waals surface area (Å²) in [6.07, 6.45) is 3.43. The summed E-state index contributed by atoms with van der Waals surface area (Å²) in [5, 5.41) is 5.82. The summed E-state index contributed by atoms with van der Waals surface area (Å²) in [7, 11) is 1.92. The summed E-state index contributed by atoms with van der Waals surface area (Å²) in [4.78, 5) is 20.0. The molecule has 2 rings (SSSR count). The second kappa shape index (κ2) is 5.03. The number of aromatic nitrogens is 3. The number of hydrogen-bond acceptors (Lipinski definition) is 4. The fraction of sp³-hybridized carbons (Fsp3) is 0.417. The van der Waals surface area contributed by atoms with E-state index in [1.165, 1.54) is 0 Å². The largest absolute Gasteiger partial charge is 0.359 e. The molecule has 18 heavy (non-hydrogen) atoms. The third-order valence-corrected chi connectivity index (χ3v) is 2.51. The van der Waals surface area contributed by atoms with Crippen LogP contribution < -0.4 is 10.6 Å². The second-order valence-electron chi connectivity index (χ2n) is 4.46. The molecular formula is C12H17N5O. The van der Waals surface area contributed by atoms with Crippen LogP contribution in [0.25, 0.3) is 11.0 Å². The Bertz CT molecular complexity index is 561. The van der Waals surface area contributed by atoms with Gasteiger partial charge in [0, 0.05) is 19.3 Å². The number of imidazole rings is 1. The van der Waals surface area contributed by atoms with Crippen molar-refractivity contribution in [2.75, 3.05) is 11.9 Å². The van der Waals surface area contributed by atoms with Crippen molar-refractivity contribution < 1.29 is 4.79 Å². The summed E-state index contributed by atoms with van der Waals surface area (Å²) in [5.74, 6) is 0.576. The minimum Gasteiger partial charge on any atom is -0.359 e. The Kier molecular flexibility index (Phi) is 3.45. The van der Waals surface area contributed by atoms with Gasteiger partial charge in [0.25, 0.3) is 0 Å². The Hall–Kier alpha value is -2.11. The van der Waals surface area contributed by atoms with Crippen LogP contribution in [0, 0.1) is 0 Å². The minimum atomic E-state index is -0.0558. The van der Waals surface area contributed by atoms with Gasteiger partial charge in [-0.3, -0.25) is 4.79 Å². The Labute approximate surface area is 105 Å². The molecule has 1 amide bonds. The van der Waals surface area contributed by atoms with Gasteiger partial charge in [-0.15, -0.1) is 0 Å². The van der Waals surface area contributed by atoms with E-state index in [-0.39, 0.29) is 18.5 Å². The van der Waals surface area contributed by atoms with Gasteiger partial charge in [0.1, 0.15) is 5.52 Å². The number of nitrogens with one attached hydrogen (secondary N) is 2. The predicted molar refractivity (Wildman–Crippen MR) is 70.3 cm³/mol. The fourth-order valence-corrected chi connectivity index (χ4v) is 1.73. The molecule has 0 aliphatic heterocycles. The minimum absolute atomic E-state index is 0.0558. The lowest BCUT2D eigenvalue weighted by Gasteiger charge is -2.09. The van der Waals surface area contributed by atoms with E-state index in [1.54, 1.807) is 12.5 Å². The standard InChI is InChI=1S/C12H17N5O/c1-8(2)16-10(18)6-14-12-11-9(4-5-13-12)17(3)7-15-11/h4-5,7-8H,6H2,1-3H3,(H,13,14)(H,16,18). The number of aryl methyl sites for hydroxylation is 1. The van der Waals surface area contributed by atoms with Crippen molar-refractivity contribution in [2.24, 2.45) is 7.05 Å². The molecule has 0 saturated carbocycles. The average molecular weight is 247 g/mol. The number of amides is 1. The van der Waals surface area contributed by atoms with Crippen molar-refractivity contribution >= 4 is 22.8 Å². The van der Waals surface area contributed by atoms with Crippen molar-refractivity contribution in [1.29, 1.82) is 0 Å². The van der Waals surface area contributed by atoms with Crippen LogP contribution in [0.2, 0.25) is 0 Å². The highest BCUT2D eigenvalue weighted by atomic mass is 16.1. The summed E-state index contributed by atoms with van der Waals surface area (Å²) in [6.45, 7) is 4.05. The van der Waals surface area contributed by atoms with Crippen LogP contribution in [0.3, 0.4) is 0 Å². The maximum Gasteiger partial charge on any atom is 0.239 e. The Morgan fingerprint density at radius 2 is 2.22 bits per heavy atom. The fourth-order valence-electron chi connectivity index (χ4n) is 1.73. The molecule has 0 atom stereocenters. The van der Waals surface area contributed by atoms with E-state index in [9.17, 15) is 4.79 Å². The Balaban J connectivity index is 2.10. The molecule has 0 fully saturated rings. The molecule has 0 radical (unpaired) electrons. The Morgan fingerprint density at radius 1 is 1.44 bits per heavy atom. The number of carbonyl (C=O) groups excluding carboxylic acids is 1. The van der Waals surface area contributed by atoms with Gasteiger partial charge in [0.05, 0.1) is 18.4 Å². The predicted octanol–water partition coefficient (Wildman–Crippen LogP) is 0.905. The summed E-state index contributed by atoms with van der Waals surface area (Å²) >= 11 is 0. The maximum absolute atomic E-state index is 11.5. The van der Waals surface area contributed by atoms with Crippen LogP contribution in [-0.2, 0) is 11.8 Å². The molecule has 96 valence electrons. The van der Waals surface area contributed by atoms with E-state index in [4.69, 9.17) is 0 Å². The van der Waals surface area contributed by atoms with Crippen LogP contribution in [0.15, 0.2) is 18.6 Å². The van der Waals surface area contributed by atoms with E-state index in [2.05, 4.69) is 20.6 Å². The van der Waals surface area contributed by atoms with Crippen molar-refractivity contribution in [2.45, 2.75) is 19.9 Å². The van der Waals surface area contributed by atoms with Gasteiger partial charge in [0.2, 0.25) is 5.91 Å². The molecule has 6 heteroatoms. The molecule has 0 bridgehead atoms. The Morgan fingerprint density at radius 3 is 2.94 bits per heavy atom. The highest BCUT2D eigenvalue weighted by molar-refractivity contribution is 5.88. The van der Waals surface area contributed by atoms with E-state index < -0.39 is 0 Å². The van der Waals surface area contributed by atoms with Crippen molar-refractivity contribution in [3.63, 3.8) is 0 Å². The van der Waals surface area contributed by atoms with Gasteiger partial charge in [-0.25, -0.2) is 9.97 Å². The molecule has 0 saturated heterocycles. The van der Waals surface area contributed by atoms with E-state index >= 15 is 0 Å². The van der Waals surface area contributed by atoms with Crippen LogP contribution >= 0.6 is 0 Å². The molecule has 2 aromatic heterocycles. The maximum atomic E-state index is 11.5. The normalized spacial score (nSPS) is 10.9. The monoisotopic (exact) mass is 247 g/mol. The van der Waals surface area contributed by atoms with Gasteiger partial charge in [-0.1, -0.05) is 0 Å². The summed E-state index contributed by atoms with van der Waals surface area (Å²) in [6, 6.07) is 2.03. The van der Waals surface area contributed by atoms with Crippen molar-refractivity contribution in [3.05, 3.63) is 18.6 Å². The average Bonchev–Trinajstić information content (AvgIpc) is 2.68. The first-order valence-corrected chi connectivity index (χ1v) is 5.87. The molecule has 6 nitrogen and oxygen atoms in total. The van der Waals surface area contributed by atoms with E-state index in [0.29, 0.717) is 5.82 Å². The third-order valence-electron chi connectivity index (χ3n) is 2.51. The molecular weight excluding hydrogens is 230 g/mol. The molecule has 0 aliphatic carbocycles. The van der Waals surface area contributed by atoms with Crippen LogP contribution in [0.5, 0.6) is 0 Å². The van der Waals surface area contributed by atoms with Crippen LogP contribution in [-0.4, -0.2) is 33.0 Å².